The van der Waals surface area contributed by atoms with E-state index in [-0.39, 0.29) is 24.2 Å². The molecule has 7 N–H and O–H groups in total. The van der Waals surface area contributed by atoms with Gasteiger partial charge in [-0.25, -0.2) is 4.79 Å². The number of carbonyl (C=O) groups excluding carboxylic acids is 2. The second-order valence-electron chi connectivity index (χ2n) is 5.63. The van der Waals surface area contributed by atoms with E-state index in [1.807, 2.05) is 26.0 Å². The zero-order valence-corrected chi connectivity index (χ0v) is 15.3. The highest BCUT2D eigenvalue weighted by atomic mass is 79.9. The van der Waals surface area contributed by atoms with Gasteiger partial charge in [0.25, 0.3) is 0 Å². The van der Waals surface area contributed by atoms with Crippen molar-refractivity contribution in [3.63, 3.8) is 0 Å². The molecular formula is C15H23BrN6O2. The highest BCUT2D eigenvalue weighted by molar-refractivity contribution is 9.10. The van der Waals surface area contributed by atoms with Crippen LogP contribution in [-0.4, -0.2) is 30.4 Å². The molecule has 0 fully saturated rings. The number of carbonyl (C=O) groups is 2. The van der Waals surface area contributed by atoms with Crippen LogP contribution < -0.4 is 27.5 Å². The molecule has 0 saturated carbocycles. The number of hydrogen-bond donors (Lipinski definition) is 5. The summed E-state index contributed by atoms with van der Waals surface area (Å²) in [4.78, 5) is 24.3. The number of anilines is 1. The minimum Gasteiger partial charge on any atom is -0.384 e. The van der Waals surface area contributed by atoms with Crippen molar-refractivity contribution in [2.75, 3.05) is 11.9 Å². The van der Waals surface area contributed by atoms with Gasteiger partial charge in [0.2, 0.25) is 5.91 Å². The number of amidine groups is 1. The molecule has 0 heterocycles. The Morgan fingerprint density at radius 1 is 1.25 bits per heavy atom. The molecule has 1 atom stereocenters. The van der Waals surface area contributed by atoms with Gasteiger partial charge in [0.15, 0.2) is 0 Å². The Kier molecular flexibility index (Phi) is 8.03. The molecule has 9 heteroatoms. The van der Waals surface area contributed by atoms with Crippen molar-refractivity contribution >= 4 is 39.4 Å². The predicted molar refractivity (Wildman–Crippen MR) is 98.4 cm³/mol. The average molecular weight is 399 g/mol. The minimum absolute atomic E-state index is 0.0277. The summed E-state index contributed by atoms with van der Waals surface area (Å²) < 4.78 is 0.907. The summed E-state index contributed by atoms with van der Waals surface area (Å²) in [5.41, 5.74) is 6.07. The molecule has 1 aromatic carbocycles. The predicted octanol–water partition coefficient (Wildman–Crippen LogP) is 1.33. The van der Waals surface area contributed by atoms with Crippen LogP contribution in [0.25, 0.3) is 0 Å². The highest BCUT2D eigenvalue weighted by Crippen LogP contribution is 2.14. The molecule has 8 nitrogen and oxygen atoms in total. The number of nitrogens with one attached hydrogen (secondary N) is 3. The molecule has 0 aliphatic rings. The Morgan fingerprint density at radius 2 is 1.88 bits per heavy atom. The lowest BCUT2D eigenvalue weighted by molar-refractivity contribution is -0.123. The second kappa shape index (κ2) is 9.76. The van der Waals surface area contributed by atoms with Gasteiger partial charge in [0, 0.05) is 10.2 Å². The normalized spacial score (nSPS) is 12.6. The molecule has 1 aromatic rings. The quantitative estimate of drug-likeness (QED) is 0.205. The number of rotatable bonds is 7. The molecule has 0 radical (unpaired) electrons. The molecule has 0 spiro atoms. The molecular weight excluding hydrogens is 376 g/mol. The van der Waals surface area contributed by atoms with Gasteiger partial charge in [-0.3, -0.25) is 4.79 Å². The van der Waals surface area contributed by atoms with E-state index < -0.39 is 12.1 Å². The minimum atomic E-state index is -0.689. The van der Waals surface area contributed by atoms with E-state index in [4.69, 9.17) is 11.6 Å². The number of benzene rings is 1. The maximum absolute atomic E-state index is 12.2. The van der Waals surface area contributed by atoms with E-state index in [9.17, 15) is 9.59 Å². The molecule has 0 aromatic heterocycles. The first-order valence-corrected chi connectivity index (χ1v) is 8.24. The fourth-order valence-electron chi connectivity index (χ4n) is 1.91. The van der Waals surface area contributed by atoms with E-state index in [0.717, 1.165) is 4.47 Å². The number of hydrogen-bond acceptors (Lipinski definition) is 4. The lowest BCUT2D eigenvalue weighted by Crippen LogP contribution is -2.50. The fraction of sp³-hybridized carbons (Fsp3) is 0.400. The van der Waals surface area contributed by atoms with Gasteiger partial charge in [0.1, 0.15) is 11.9 Å². The SMILES string of the molecule is CC(C)CC(NC(=O)Nc1ccc(Br)cc1)C(=O)NCC(N)=NN. The second-order valence-corrected chi connectivity index (χ2v) is 6.54. The Bertz CT molecular complexity index is 588. The third-order valence-corrected chi connectivity index (χ3v) is 3.57. The summed E-state index contributed by atoms with van der Waals surface area (Å²) in [6.45, 7) is 3.95. The molecule has 132 valence electrons. The number of amides is 3. The number of nitrogens with two attached hydrogens (primary N) is 2. The van der Waals surface area contributed by atoms with Crippen molar-refractivity contribution in [1.82, 2.24) is 10.6 Å². The van der Waals surface area contributed by atoms with Crippen LogP contribution in [0.3, 0.4) is 0 Å². The summed E-state index contributed by atoms with van der Waals surface area (Å²) >= 11 is 3.32. The topological polar surface area (TPSA) is 135 Å². The van der Waals surface area contributed by atoms with Gasteiger partial charge in [-0.1, -0.05) is 29.8 Å². The first kappa shape index (κ1) is 19.8. The van der Waals surface area contributed by atoms with Crippen molar-refractivity contribution < 1.29 is 9.59 Å². The first-order valence-electron chi connectivity index (χ1n) is 7.44. The molecule has 0 aliphatic carbocycles. The van der Waals surface area contributed by atoms with Crippen LogP contribution in [0.4, 0.5) is 10.5 Å². The van der Waals surface area contributed by atoms with Crippen molar-refractivity contribution in [2.45, 2.75) is 26.3 Å². The van der Waals surface area contributed by atoms with Crippen molar-refractivity contribution in [1.29, 1.82) is 0 Å². The summed E-state index contributed by atoms with van der Waals surface area (Å²) in [5, 5.41) is 11.2. The lowest BCUT2D eigenvalue weighted by atomic mass is 10.0. The largest absolute Gasteiger partial charge is 0.384 e. The van der Waals surface area contributed by atoms with Gasteiger partial charge in [-0.2, -0.15) is 5.10 Å². The Hall–Kier alpha value is -2.29. The molecule has 0 bridgehead atoms. The van der Waals surface area contributed by atoms with E-state index in [1.165, 1.54) is 0 Å². The molecule has 0 aliphatic heterocycles. The molecule has 3 amide bonds. The van der Waals surface area contributed by atoms with Crippen LogP contribution in [0.1, 0.15) is 20.3 Å². The zero-order chi connectivity index (χ0) is 18.1. The first-order chi connectivity index (χ1) is 11.3. The Labute approximate surface area is 149 Å². The van der Waals surface area contributed by atoms with Crippen LogP contribution in [0.5, 0.6) is 0 Å². The van der Waals surface area contributed by atoms with E-state index in [1.54, 1.807) is 12.1 Å². The standard InChI is InChI=1S/C15H23BrN6O2/c1-9(2)7-12(14(23)19-8-13(17)22-18)21-15(24)20-11-5-3-10(16)4-6-11/h3-6,9,12H,7-8,18H2,1-2H3,(H2,17,22)(H,19,23)(H2,20,21,24). The maximum Gasteiger partial charge on any atom is 0.319 e. The third kappa shape index (κ3) is 7.32. The van der Waals surface area contributed by atoms with Crippen molar-refractivity contribution in [2.24, 2.45) is 22.6 Å². The van der Waals surface area contributed by atoms with Gasteiger partial charge < -0.3 is 27.5 Å². The zero-order valence-electron chi connectivity index (χ0n) is 13.7. The van der Waals surface area contributed by atoms with Crippen molar-refractivity contribution in [3.05, 3.63) is 28.7 Å². The van der Waals surface area contributed by atoms with Crippen LogP contribution in [-0.2, 0) is 4.79 Å². The van der Waals surface area contributed by atoms with Gasteiger partial charge in [-0.15, -0.1) is 0 Å². The van der Waals surface area contributed by atoms with E-state index in [2.05, 4.69) is 37.0 Å². The molecule has 1 rings (SSSR count). The average Bonchev–Trinajstić information content (AvgIpc) is 2.53. The highest BCUT2D eigenvalue weighted by Gasteiger charge is 2.22. The summed E-state index contributed by atoms with van der Waals surface area (Å²) in [5.74, 6) is 4.99. The van der Waals surface area contributed by atoms with E-state index >= 15 is 0 Å². The number of hydrazone groups is 1. The third-order valence-electron chi connectivity index (χ3n) is 3.04. The van der Waals surface area contributed by atoms with Crippen LogP contribution in [0.2, 0.25) is 0 Å². The maximum atomic E-state index is 12.2. The summed E-state index contributed by atoms with van der Waals surface area (Å²) in [6.07, 6.45) is 0.485. The smallest absolute Gasteiger partial charge is 0.319 e. The van der Waals surface area contributed by atoms with Gasteiger partial charge in [-0.05, 0) is 36.6 Å². The van der Waals surface area contributed by atoms with Crippen LogP contribution in [0.15, 0.2) is 33.8 Å². The van der Waals surface area contributed by atoms with Crippen LogP contribution in [0, 0.1) is 5.92 Å². The molecule has 1 unspecified atom stereocenters. The molecule has 24 heavy (non-hydrogen) atoms. The van der Waals surface area contributed by atoms with Gasteiger partial charge in [0.05, 0.1) is 6.54 Å². The Balaban J connectivity index is 2.65. The fourth-order valence-corrected chi connectivity index (χ4v) is 2.17. The van der Waals surface area contributed by atoms with Gasteiger partial charge >= 0.3 is 6.03 Å². The molecule has 0 saturated heterocycles. The summed E-state index contributed by atoms with van der Waals surface area (Å²) in [7, 11) is 0. The monoisotopic (exact) mass is 398 g/mol. The Morgan fingerprint density at radius 3 is 2.42 bits per heavy atom. The lowest BCUT2D eigenvalue weighted by Gasteiger charge is -2.20. The number of halogens is 1. The van der Waals surface area contributed by atoms with Crippen molar-refractivity contribution in [3.8, 4) is 0 Å². The van der Waals surface area contributed by atoms with Crippen LogP contribution >= 0.6 is 15.9 Å². The number of nitrogens with zero attached hydrogens (tertiary/aromatic N) is 1. The number of urea groups is 1. The summed E-state index contributed by atoms with van der Waals surface area (Å²) in [6, 6.07) is 5.97. The van der Waals surface area contributed by atoms with E-state index in [0.29, 0.717) is 12.1 Å².